The maximum absolute atomic E-state index is 13.5. The van der Waals surface area contributed by atoms with E-state index in [-0.39, 0.29) is 23.9 Å². The predicted octanol–water partition coefficient (Wildman–Crippen LogP) is 2.98. The van der Waals surface area contributed by atoms with Gasteiger partial charge in [0, 0.05) is 5.92 Å². The zero-order chi connectivity index (χ0) is 13.8. The second-order valence-electron chi connectivity index (χ2n) is 5.51. The van der Waals surface area contributed by atoms with Gasteiger partial charge in [-0.25, -0.2) is 4.39 Å². The Balaban J connectivity index is 1.85. The topological polar surface area (TPSA) is 43.4 Å². The summed E-state index contributed by atoms with van der Waals surface area (Å²) in [6.07, 6.45) is 5.92. The fraction of sp³-hybridized carbons (Fsp3) is 0.733. The molecule has 0 amide bonds. The Hall–Kier alpha value is -1.19. The van der Waals surface area contributed by atoms with Gasteiger partial charge < -0.3 is 4.74 Å². The molecule has 4 heteroatoms. The van der Waals surface area contributed by atoms with Gasteiger partial charge in [0.05, 0.1) is 6.42 Å². The van der Waals surface area contributed by atoms with Crippen molar-refractivity contribution in [2.24, 2.45) is 11.8 Å². The van der Waals surface area contributed by atoms with Crippen molar-refractivity contribution >= 4 is 11.8 Å². The number of esters is 1. The third-order valence-electron chi connectivity index (χ3n) is 4.12. The molecule has 1 saturated heterocycles. The number of ether oxygens (including phenoxy) is 1. The Morgan fingerprint density at radius 1 is 1.53 bits per heavy atom. The van der Waals surface area contributed by atoms with E-state index < -0.39 is 12.0 Å². The Kier molecular flexibility index (Phi) is 4.72. The van der Waals surface area contributed by atoms with Crippen LogP contribution < -0.4 is 0 Å². The average molecular weight is 268 g/mol. The molecule has 0 bridgehead atoms. The Morgan fingerprint density at radius 2 is 2.32 bits per heavy atom. The lowest BCUT2D eigenvalue weighted by molar-refractivity contribution is -0.141. The smallest absolute Gasteiger partial charge is 0.306 e. The molecule has 4 atom stereocenters. The van der Waals surface area contributed by atoms with Crippen LogP contribution in [-0.2, 0) is 14.3 Å². The summed E-state index contributed by atoms with van der Waals surface area (Å²) in [7, 11) is 0. The second-order valence-corrected chi connectivity index (χ2v) is 5.51. The first-order valence-electron chi connectivity index (χ1n) is 7.17. The van der Waals surface area contributed by atoms with Crippen molar-refractivity contribution in [1.29, 1.82) is 0 Å². The monoisotopic (exact) mass is 268 g/mol. The summed E-state index contributed by atoms with van der Waals surface area (Å²) < 4.78 is 18.7. The third kappa shape index (κ3) is 3.43. The predicted molar refractivity (Wildman–Crippen MR) is 69.3 cm³/mol. The van der Waals surface area contributed by atoms with Crippen molar-refractivity contribution in [2.75, 3.05) is 0 Å². The maximum Gasteiger partial charge on any atom is 0.306 e. The molecule has 1 aliphatic carbocycles. The van der Waals surface area contributed by atoms with Gasteiger partial charge in [-0.3, -0.25) is 9.59 Å². The number of ketones is 1. The van der Waals surface area contributed by atoms with Crippen molar-refractivity contribution in [1.82, 2.24) is 0 Å². The minimum atomic E-state index is -1.38. The zero-order valence-corrected chi connectivity index (χ0v) is 11.3. The number of allylic oxidation sites excluding steroid dienone is 2. The molecule has 2 rings (SSSR count). The lowest BCUT2D eigenvalue weighted by Crippen LogP contribution is -2.15. The quantitative estimate of drug-likeness (QED) is 0.549. The first kappa shape index (κ1) is 14.2. The minimum Gasteiger partial charge on any atom is -0.462 e. The summed E-state index contributed by atoms with van der Waals surface area (Å²) in [5, 5.41) is 0. The van der Waals surface area contributed by atoms with Crippen LogP contribution in [0.4, 0.5) is 4.39 Å². The molecule has 0 N–H and O–H groups in total. The highest BCUT2D eigenvalue weighted by atomic mass is 19.1. The van der Waals surface area contributed by atoms with Gasteiger partial charge in [-0.15, -0.1) is 0 Å². The molecule has 106 valence electrons. The number of hydrogen-bond acceptors (Lipinski definition) is 3. The number of carbonyl (C=O) groups excluding carboxylic acids is 2. The average Bonchev–Trinajstić information content (AvgIpc) is 2.92. The minimum absolute atomic E-state index is 0.0125. The number of alkyl halides is 1. The fourth-order valence-electron chi connectivity index (χ4n) is 2.99. The summed E-state index contributed by atoms with van der Waals surface area (Å²) >= 11 is 0. The van der Waals surface area contributed by atoms with Gasteiger partial charge in [0.25, 0.3) is 0 Å². The van der Waals surface area contributed by atoms with Crippen molar-refractivity contribution in [3.63, 3.8) is 0 Å². The van der Waals surface area contributed by atoms with E-state index in [2.05, 4.69) is 0 Å². The highest BCUT2D eigenvalue weighted by Crippen LogP contribution is 2.41. The summed E-state index contributed by atoms with van der Waals surface area (Å²) in [5.74, 6) is -0.225. The highest BCUT2D eigenvalue weighted by Gasteiger charge is 2.43. The number of rotatable bonds is 6. The molecule has 0 aromatic heterocycles. The van der Waals surface area contributed by atoms with Gasteiger partial charge in [-0.1, -0.05) is 25.8 Å². The van der Waals surface area contributed by atoms with E-state index in [0.29, 0.717) is 12.8 Å². The molecule has 0 aromatic carbocycles. The van der Waals surface area contributed by atoms with E-state index >= 15 is 0 Å². The van der Waals surface area contributed by atoms with Crippen molar-refractivity contribution in [3.05, 3.63) is 12.2 Å². The van der Waals surface area contributed by atoms with Crippen LogP contribution in [-0.4, -0.2) is 24.0 Å². The van der Waals surface area contributed by atoms with Crippen LogP contribution in [0.2, 0.25) is 0 Å². The lowest BCUT2D eigenvalue weighted by atomic mass is 9.92. The molecular formula is C15H21FO3. The molecule has 2 aliphatic rings. The van der Waals surface area contributed by atoms with Gasteiger partial charge in [0.2, 0.25) is 0 Å². The van der Waals surface area contributed by atoms with E-state index in [1.165, 1.54) is 6.08 Å². The van der Waals surface area contributed by atoms with Gasteiger partial charge in [-0.2, -0.15) is 0 Å². The van der Waals surface area contributed by atoms with Crippen molar-refractivity contribution < 1.29 is 18.7 Å². The molecule has 0 radical (unpaired) electrons. The summed E-state index contributed by atoms with van der Waals surface area (Å²) in [6.45, 7) is 1.98. The second kappa shape index (κ2) is 6.31. The number of halogens is 1. The summed E-state index contributed by atoms with van der Waals surface area (Å²) in [5.41, 5.74) is 0. The maximum atomic E-state index is 13.5. The van der Waals surface area contributed by atoms with Gasteiger partial charge in [0.1, 0.15) is 6.10 Å². The summed E-state index contributed by atoms with van der Waals surface area (Å²) in [4.78, 5) is 22.8. The molecule has 0 spiro atoms. The number of fused-ring (bicyclic) bond motifs is 1. The van der Waals surface area contributed by atoms with Crippen molar-refractivity contribution in [2.45, 2.75) is 57.7 Å². The van der Waals surface area contributed by atoms with E-state index in [9.17, 15) is 14.0 Å². The van der Waals surface area contributed by atoms with Crippen LogP contribution in [0.15, 0.2) is 12.2 Å². The van der Waals surface area contributed by atoms with Crippen LogP contribution in [0.3, 0.4) is 0 Å². The standard InChI is InChI=1S/C15H21FO3/c1-2-3-4-12(16)13(17)7-5-10-6-8-14-11(10)9-15(18)19-14/h5,7,10-12,14H,2-4,6,8-9H2,1H3/t10-,11+,12?,14+/m0/s1. The van der Waals surface area contributed by atoms with E-state index in [1.54, 1.807) is 6.08 Å². The molecule has 1 unspecified atom stereocenters. The van der Waals surface area contributed by atoms with Crippen LogP contribution in [0, 0.1) is 11.8 Å². The molecule has 3 nitrogen and oxygen atoms in total. The Bertz CT molecular complexity index is 378. The van der Waals surface area contributed by atoms with E-state index in [4.69, 9.17) is 4.74 Å². The molecular weight excluding hydrogens is 247 g/mol. The SMILES string of the molecule is CCCCC(F)C(=O)C=C[C@H]1CC[C@H]2OC(=O)C[C@H]12. The molecule has 0 aromatic rings. The fourth-order valence-corrected chi connectivity index (χ4v) is 2.99. The van der Waals surface area contributed by atoms with Crippen LogP contribution in [0.5, 0.6) is 0 Å². The molecule has 2 fully saturated rings. The molecule has 1 saturated carbocycles. The first-order chi connectivity index (χ1) is 9.11. The molecule has 1 heterocycles. The molecule has 19 heavy (non-hydrogen) atoms. The van der Waals surface area contributed by atoms with E-state index in [1.807, 2.05) is 6.92 Å². The molecule has 1 aliphatic heterocycles. The lowest BCUT2D eigenvalue weighted by Gasteiger charge is -2.11. The van der Waals surface area contributed by atoms with Crippen LogP contribution >= 0.6 is 0 Å². The van der Waals surface area contributed by atoms with Crippen molar-refractivity contribution in [3.8, 4) is 0 Å². The van der Waals surface area contributed by atoms with Gasteiger partial charge in [0.15, 0.2) is 12.0 Å². The van der Waals surface area contributed by atoms with E-state index in [0.717, 1.165) is 25.7 Å². The largest absolute Gasteiger partial charge is 0.462 e. The summed E-state index contributed by atoms with van der Waals surface area (Å²) in [6, 6.07) is 0. The zero-order valence-electron chi connectivity index (χ0n) is 11.3. The van der Waals surface area contributed by atoms with Gasteiger partial charge in [-0.05, 0) is 31.3 Å². The third-order valence-corrected chi connectivity index (χ3v) is 4.12. The Morgan fingerprint density at radius 3 is 3.05 bits per heavy atom. The Labute approximate surface area is 113 Å². The van der Waals surface area contributed by atoms with Crippen LogP contribution in [0.1, 0.15) is 45.4 Å². The number of hydrogen-bond donors (Lipinski definition) is 0. The first-order valence-corrected chi connectivity index (χ1v) is 7.17. The van der Waals surface area contributed by atoms with Gasteiger partial charge >= 0.3 is 5.97 Å². The number of unbranched alkanes of at least 4 members (excludes halogenated alkanes) is 1. The highest BCUT2D eigenvalue weighted by molar-refractivity contribution is 5.93. The van der Waals surface area contributed by atoms with Crippen LogP contribution in [0.25, 0.3) is 0 Å². The number of carbonyl (C=O) groups is 2. The normalized spacial score (nSPS) is 31.5.